The summed E-state index contributed by atoms with van der Waals surface area (Å²) in [4.78, 5) is 52.5. The number of amides is 3. The summed E-state index contributed by atoms with van der Waals surface area (Å²) in [6.07, 6.45) is -4.33. The highest BCUT2D eigenvalue weighted by Crippen LogP contribution is 2.27. The fraction of sp³-hybridized carbons (Fsp3) is 0.371. The number of phenolic OH excluding ortho intramolecular Hbond substituents is 1. The predicted octanol–water partition coefficient (Wildman–Crippen LogP) is 5.16. The second-order valence-electron chi connectivity index (χ2n) is 12.7. The molecule has 0 bridgehead atoms. The van der Waals surface area contributed by atoms with Gasteiger partial charge in [-0.15, -0.1) is 0 Å². The van der Waals surface area contributed by atoms with Crippen LogP contribution in [-0.2, 0) is 27.3 Å². The Morgan fingerprint density at radius 2 is 1.69 bits per heavy atom. The third-order valence-electron chi connectivity index (χ3n) is 8.04. The molecular formula is C35H40F3N4O7+. The maximum atomic E-state index is 14.0. The number of aromatic hydroxyl groups is 1. The largest absolute Gasteiger partial charge is 0.508 e. The number of carbonyl (C=O) groups excluding carboxylic acids is 4. The smallest absolute Gasteiger partial charge is 0.491 e. The first-order chi connectivity index (χ1) is 23.0. The van der Waals surface area contributed by atoms with Crippen molar-refractivity contribution in [2.45, 2.75) is 64.0 Å². The van der Waals surface area contributed by atoms with E-state index in [1.54, 1.807) is 32.0 Å². The zero-order valence-electron chi connectivity index (χ0n) is 27.4. The number of quaternary nitrogens is 1. The Morgan fingerprint density at radius 1 is 1.02 bits per heavy atom. The van der Waals surface area contributed by atoms with Gasteiger partial charge in [0.25, 0.3) is 0 Å². The first-order valence-corrected chi connectivity index (χ1v) is 15.7. The number of urea groups is 1. The molecule has 4 N–H and O–H groups in total. The molecule has 3 aromatic rings. The summed E-state index contributed by atoms with van der Waals surface area (Å²) in [5.41, 5.74) is 8.34. The van der Waals surface area contributed by atoms with Gasteiger partial charge in [-0.1, -0.05) is 24.3 Å². The molecule has 0 saturated carbocycles. The monoisotopic (exact) mass is 685 g/mol. The molecule has 1 aliphatic heterocycles. The van der Waals surface area contributed by atoms with E-state index >= 15 is 0 Å². The maximum absolute atomic E-state index is 14.0. The number of phenols is 1. The molecule has 0 radical (unpaired) electrons. The van der Waals surface area contributed by atoms with Gasteiger partial charge in [-0.05, 0) is 87.2 Å². The third-order valence-corrected chi connectivity index (χ3v) is 8.04. The zero-order chi connectivity index (χ0) is 35.9. The predicted molar refractivity (Wildman–Crippen MR) is 173 cm³/mol. The van der Waals surface area contributed by atoms with Crippen molar-refractivity contribution in [1.29, 1.82) is 0 Å². The van der Waals surface area contributed by atoms with Crippen molar-refractivity contribution in [3.05, 3.63) is 89.5 Å². The Bertz CT molecular complexity index is 1650. The third kappa shape index (κ3) is 10.3. The van der Waals surface area contributed by atoms with Crippen LogP contribution in [0.4, 0.5) is 23.7 Å². The summed E-state index contributed by atoms with van der Waals surface area (Å²) in [5, 5.41) is 12.7. The van der Waals surface area contributed by atoms with Gasteiger partial charge in [-0.3, -0.25) is 9.69 Å². The molecular weight excluding hydrogens is 645 g/mol. The Balaban J connectivity index is 1.54. The molecule has 1 fully saturated rings. The highest BCUT2D eigenvalue weighted by Gasteiger charge is 2.42. The second-order valence-corrected chi connectivity index (χ2v) is 12.7. The fourth-order valence-corrected chi connectivity index (χ4v) is 5.83. The molecule has 3 amide bonds. The number of alkyl halides is 3. The van der Waals surface area contributed by atoms with Crippen LogP contribution >= 0.6 is 0 Å². The number of likely N-dealkylation sites (tertiary alicyclic amines) is 1. The molecule has 1 unspecified atom stereocenters. The van der Waals surface area contributed by atoms with Gasteiger partial charge < -0.3 is 30.1 Å². The summed E-state index contributed by atoms with van der Waals surface area (Å²) >= 11 is 0. The number of rotatable bonds is 10. The minimum Gasteiger partial charge on any atom is -0.508 e. The SMILES string of the molecule is CC(C)OC(=O)c1ccc(NC(=O)N(C(=O)[C@@H](N)Cc2ccc(OC(=O)C(F)(F)F)cc2)[C@H]2CCC[N+](C)(Cc3cccc(O)c3)C2)cc1. The highest BCUT2D eigenvalue weighted by atomic mass is 19.4. The molecule has 49 heavy (non-hydrogen) atoms. The number of nitrogens with zero attached hydrogens (tertiary/aromatic N) is 2. The van der Waals surface area contributed by atoms with Crippen LogP contribution in [0, 0.1) is 0 Å². The van der Waals surface area contributed by atoms with Crippen LogP contribution in [0.2, 0.25) is 0 Å². The van der Waals surface area contributed by atoms with E-state index in [1.165, 1.54) is 36.4 Å². The van der Waals surface area contributed by atoms with Crippen molar-refractivity contribution in [3.8, 4) is 11.5 Å². The number of carbonyl (C=O) groups is 4. The molecule has 4 rings (SSSR count). The van der Waals surface area contributed by atoms with E-state index in [0.29, 0.717) is 41.7 Å². The van der Waals surface area contributed by atoms with Gasteiger partial charge in [-0.2, -0.15) is 13.2 Å². The Kier molecular flexibility index (Phi) is 11.7. The van der Waals surface area contributed by atoms with Crippen LogP contribution in [0.3, 0.4) is 0 Å². The van der Waals surface area contributed by atoms with Gasteiger partial charge in [0.1, 0.15) is 24.6 Å². The number of ether oxygens (including phenoxy) is 2. The van der Waals surface area contributed by atoms with Gasteiger partial charge in [0.05, 0.1) is 37.3 Å². The van der Waals surface area contributed by atoms with Gasteiger partial charge >= 0.3 is 24.1 Å². The average molecular weight is 686 g/mol. The first kappa shape index (κ1) is 36.9. The minimum absolute atomic E-state index is 0.0646. The molecule has 3 aromatic carbocycles. The highest BCUT2D eigenvalue weighted by molar-refractivity contribution is 6.03. The summed E-state index contributed by atoms with van der Waals surface area (Å²) in [6.45, 7) is 5.17. The van der Waals surface area contributed by atoms with Gasteiger partial charge in [-0.25, -0.2) is 14.4 Å². The van der Waals surface area contributed by atoms with Crippen molar-refractivity contribution in [1.82, 2.24) is 4.90 Å². The number of benzene rings is 3. The number of hydrogen-bond donors (Lipinski definition) is 3. The van der Waals surface area contributed by atoms with E-state index < -0.39 is 42.1 Å². The molecule has 1 aliphatic rings. The van der Waals surface area contributed by atoms with Crippen molar-refractivity contribution in [2.24, 2.45) is 5.73 Å². The van der Waals surface area contributed by atoms with E-state index in [2.05, 4.69) is 10.1 Å². The Morgan fingerprint density at radius 3 is 2.31 bits per heavy atom. The molecule has 0 aromatic heterocycles. The summed E-state index contributed by atoms with van der Waals surface area (Å²) < 4.78 is 47.7. The van der Waals surface area contributed by atoms with Crippen LogP contribution in [-0.4, -0.2) is 82.9 Å². The standard InChI is InChI=1S/C35H39F3N4O7/c1-22(2)48-32(45)25-11-13-26(14-12-25)40-34(47)41(27-7-5-17-42(3,21-27)20-24-6-4-8-28(43)18-24)31(44)30(39)19-23-9-15-29(16-10-23)49-33(46)35(36,37)38/h4,6,8-16,18,22,27,30H,5,7,17,19-21,39H2,1-3H3,(H-,40,43,45,47)/p+1/t27-,30-,42?/m0/s1. The minimum atomic E-state index is -5.16. The molecule has 11 nitrogen and oxygen atoms in total. The number of nitrogens with one attached hydrogen (secondary N) is 1. The summed E-state index contributed by atoms with van der Waals surface area (Å²) in [7, 11) is 2.01. The first-order valence-electron chi connectivity index (χ1n) is 15.7. The van der Waals surface area contributed by atoms with E-state index in [0.717, 1.165) is 29.1 Å². The quantitative estimate of drug-likeness (QED) is 0.151. The van der Waals surface area contributed by atoms with Crippen LogP contribution < -0.4 is 15.8 Å². The topological polar surface area (TPSA) is 148 Å². The Labute approximate surface area is 282 Å². The van der Waals surface area contributed by atoms with E-state index in [9.17, 15) is 37.5 Å². The number of piperidine rings is 1. The Hall–Kier alpha value is -4.95. The molecule has 1 saturated heterocycles. The lowest BCUT2D eigenvalue weighted by Gasteiger charge is -2.44. The van der Waals surface area contributed by atoms with Crippen molar-refractivity contribution < 1.29 is 51.4 Å². The number of halogens is 3. The van der Waals surface area contributed by atoms with E-state index in [4.69, 9.17) is 10.5 Å². The number of likely N-dealkylation sites (N-methyl/N-ethyl adjacent to an activating group) is 1. The van der Waals surface area contributed by atoms with Gasteiger partial charge in [0.2, 0.25) is 5.91 Å². The fourth-order valence-electron chi connectivity index (χ4n) is 5.83. The van der Waals surface area contributed by atoms with Crippen LogP contribution in [0.25, 0.3) is 0 Å². The normalized spacial score (nSPS) is 18.3. The summed E-state index contributed by atoms with van der Waals surface area (Å²) in [6, 6.07) is 15.5. The van der Waals surface area contributed by atoms with Gasteiger partial charge in [0, 0.05) is 11.3 Å². The van der Waals surface area contributed by atoms with Crippen LogP contribution in [0.1, 0.15) is 48.2 Å². The van der Waals surface area contributed by atoms with Crippen molar-refractivity contribution in [3.63, 3.8) is 0 Å². The summed E-state index contributed by atoms with van der Waals surface area (Å²) in [5.74, 6) is -3.75. The zero-order valence-corrected chi connectivity index (χ0v) is 27.4. The van der Waals surface area contributed by atoms with Gasteiger partial charge in [0.15, 0.2) is 0 Å². The number of hydrogen-bond acceptors (Lipinski definition) is 8. The number of anilines is 1. The number of imide groups is 1. The molecule has 14 heteroatoms. The molecule has 1 heterocycles. The number of esters is 2. The van der Waals surface area contributed by atoms with E-state index in [-0.39, 0.29) is 29.6 Å². The molecule has 3 atom stereocenters. The lowest BCUT2D eigenvalue weighted by Crippen LogP contribution is -2.62. The van der Waals surface area contributed by atoms with Crippen molar-refractivity contribution >= 4 is 29.6 Å². The van der Waals surface area contributed by atoms with Crippen molar-refractivity contribution in [2.75, 3.05) is 25.5 Å². The van der Waals surface area contributed by atoms with Crippen LogP contribution in [0.5, 0.6) is 11.5 Å². The molecule has 262 valence electrons. The second kappa shape index (κ2) is 15.5. The van der Waals surface area contributed by atoms with E-state index in [1.807, 2.05) is 13.1 Å². The average Bonchev–Trinajstić information content (AvgIpc) is 3.01. The van der Waals surface area contributed by atoms with Crippen LogP contribution in [0.15, 0.2) is 72.8 Å². The lowest BCUT2D eigenvalue weighted by atomic mass is 9.98. The molecule has 0 aliphatic carbocycles. The molecule has 0 spiro atoms. The number of nitrogens with two attached hydrogens (primary N) is 1. The lowest BCUT2D eigenvalue weighted by molar-refractivity contribution is -0.928. The maximum Gasteiger partial charge on any atom is 0.491 e.